The van der Waals surface area contributed by atoms with Crippen molar-refractivity contribution >= 4 is 0 Å². The highest BCUT2D eigenvalue weighted by atomic mass is 16.5. The van der Waals surface area contributed by atoms with Gasteiger partial charge in [-0.25, -0.2) is 0 Å². The maximum atomic E-state index is 5.52. The molecule has 0 spiro atoms. The number of rotatable bonds is 10. The third kappa shape index (κ3) is 6.49. The Bertz CT molecular complexity index is 259. The standard InChI is InChI=1S/C14H25NO2/c1-3-7-13(4-2)15-9-6-10-16-12-14-8-5-11-17-14/h5,8,11,13,15H,3-4,6-7,9-10,12H2,1-2H3. The van der Waals surface area contributed by atoms with Crippen LogP contribution >= 0.6 is 0 Å². The van der Waals surface area contributed by atoms with E-state index in [4.69, 9.17) is 9.15 Å². The molecule has 1 aromatic rings. The van der Waals surface area contributed by atoms with Crippen LogP contribution < -0.4 is 5.32 Å². The van der Waals surface area contributed by atoms with Gasteiger partial charge in [-0.15, -0.1) is 0 Å². The molecular weight excluding hydrogens is 214 g/mol. The average Bonchev–Trinajstić information content (AvgIpc) is 2.85. The normalized spacial score (nSPS) is 12.8. The summed E-state index contributed by atoms with van der Waals surface area (Å²) in [7, 11) is 0. The molecule has 3 nitrogen and oxygen atoms in total. The van der Waals surface area contributed by atoms with Gasteiger partial charge in [0.15, 0.2) is 0 Å². The van der Waals surface area contributed by atoms with Gasteiger partial charge in [0.25, 0.3) is 0 Å². The number of hydrogen-bond acceptors (Lipinski definition) is 3. The van der Waals surface area contributed by atoms with Crippen LogP contribution in [0.15, 0.2) is 22.8 Å². The second-order valence-electron chi connectivity index (χ2n) is 4.33. The highest BCUT2D eigenvalue weighted by Crippen LogP contribution is 2.03. The zero-order chi connectivity index (χ0) is 12.3. The summed E-state index contributed by atoms with van der Waals surface area (Å²) in [6.45, 7) is 6.88. The second-order valence-corrected chi connectivity index (χ2v) is 4.33. The van der Waals surface area contributed by atoms with Crippen LogP contribution in [0, 0.1) is 0 Å². The van der Waals surface area contributed by atoms with Crippen LogP contribution in [0.5, 0.6) is 0 Å². The molecule has 0 saturated heterocycles. The molecule has 0 bridgehead atoms. The van der Waals surface area contributed by atoms with Crippen molar-refractivity contribution in [2.24, 2.45) is 0 Å². The van der Waals surface area contributed by atoms with Gasteiger partial charge in [0.1, 0.15) is 12.4 Å². The Hall–Kier alpha value is -0.800. The Morgan fingerprint density at radius 1 is 1.41 bits per heavy atom. The van der Waals surface area contributed by atoms with Gasteiger partial charge in [-0.3, -0.25) is 0 Å². The summed E-state index contributed by atoms with van der Waals surface area (Å²) < 4.78 is 10.7. The Labute approximate surface area is 105 Å². The fourth-order valence-corrected chi connectivity index (χ4v) is 1.85. The maximum absolute atomic E-state index is 5.52. The van der Waals surface area contributed by atoms with E-state index in [0.29, 0.717) is 12.6 Å². The molecule has 1 heterocycles. The van der Waals surface area contributed by atoms with E-state index in [1.165, 1.54) is 19.3 Å². The first-order valence-electron chi connectivity index (χ1n) is 6.70. The van der Waals surface area contributed by atoms with Crippen LogP contribution in [-0.2, 0) is 11.3 Å². The summed E-state index contributed by atoms with van der Waals surface area (Å²) in [5.41, 5.74) is 0. The second kappa shape index (κ2) is 9.25. The van der Waals surface area contributed by atoms with E-state index in [2.05, 4.69) is 19.2 Å². The predicted molar refractivity (Wildman–Crippen MR) is 70.0 cm³/mol. The molecule has 1 aromatic heterocycles. The monoisotopic (exact) mass is 239 g/mol. The van der Waals surface area contributed by atoms with Crippen molar-refractivity contribution in [1.29, 1.82) is 0 Å². The summed E-state index contributed by atoms with van der Waals surface area (Å²) in [5, 5.41) is 3.56. The quantitative estimate of drug-likeness (QED) is 0.636. The van der Waals surface area contributed by atoms with Gasteiger partial charge in [0.2, 0.25) is 0 Å². The molecule has 0 aliphatic heterocycles. The lowest BCUT2D eigenvalue weighted by molar-refractivity contribution is 0.103. The van der Waals surface area contributed by atoms with E-state index < -0.39 is 0 Å². The Morgan fingerprint density at radius 2 is 2.29 bits per heavy atom. The first kappa shape index (κ1) is 14.3. The zero-order valence-electron chi connectivity index (χ0n) is 11.1. The highest BCUT2D eigenvalue weighted by Gasteiger charge is 2.02. The zero-order valence-corrected chi connectivity index (χ0v) is 11.1. The molecule has 1 atom stereocenters. The largest absolute Gasteiger partial charge is 0.467 e. The van der Waals surface area contributed by atoms with Gasteiger partial charge in [-0.1, -0.05) is 20.3 Å². The van der Waals surface area contributed by atoms with Crippen LogP contribution in [0.4, 0.5) is 0 Å². The minimum atomic E-state index is 0.583. The van der Waals surface area contributed by atoms with E-state index >= 15 is 0 Å². The minimum absolute atomic E-state index is 0.583. The Balaban J connectivity index is 1.93. The van der Waals surface area contributed by atoms with Gasteiger partial charge in [0, 0.05) is 12.6 Å². The fraction of sp³-hybridized carbons (Fsp3) is 0.714. The molecule has 1 rings (SSSR count). The van der Waals surface area contributed by atoms with Gasteiger partial charge >= 0.3 is 0 Å². The van der Waals surface area contributed by atoms with Gasteiger partial charge < -0.3 is 14.5 Å². The van der Waals surface area contributed by atoms with Crippen molar-refractivity contribution < 1.29 is 9.15 Å². The third-order valence-corrected chi connectivity index (χ3v) is 2.85. The topological polar surface area (TPSA) is 34.4 Å². The Kier molecular flexibility index (Phi) is 7.76. The fourth-order valence-electron chi connectivity index (χ4n) is 1.85. The Morgan fingerprint density at radius 3 is 2.94 bits per heavy atom. The predicted octanol–water partition coefficient (Wildman–Crippen LogP) is 3.35. The van der Waals surface area contributed by atoms with Gasteiger partial charge in [-0.2, -0.15) is 0 Å². The molecule has 1 N–H and O–H groups in total. The summed E-state index contributed by atoms with van der Waals surface area (Å²) in [4.78, 5) is 0. The number of ether oxygens (including phenoxy) is 1. The van der Waals surface area contributed by atoms with E-state index in [1.807, 2.05) is 12.1 Å². The molecule has 17 heavy (non-hydrogen) atoms. The lowest BCUT2D eigenvalue weighted by Crippen LogP contribution is -2.29. The van der Waals surface area contributed by atoms with Crippen LogP contribution in [-0.4, -0.2) is 19.2 Å². The van der Waals surface area contributed by atoms with Crippen molar-refractivity contribution in [2.75, 3.05) is 13.2 Å². The van der Waals surface area contributed by atoms with E-state index in [-0.39, 0.29) is 0 Å². The molecule has 0 fully saturated rings. The van der Waals surface area contributed by atoms with Crippen LogP contribution in [0.3, 0.4) is 0 Å². The lowest BCUT2D eigenvalue weighted by atomic mass is 10.1. The molecule has 1 unspecified atom stereocenters. The molecule has 3 heteroatoms. The number of nitrogens with one attached hydrogen (secondary N) is 1. The molecular formula is C14H25NO2. The summed E-state index contributed by atoms with van der Waals surface area (Å²) in [6, 6.07) is 4.49. The smallest absolute Gasteiger partial charge is 0.129 e. The van der Waals surface area contributed by atoms with Gasteiger partial charge in [-0.05, 0) is 37.9 Å². The molecule has 0 radical (unpaired) electrons. The summed E-state index contributed by atoms with van der Waals surface area (Å²) >= 11 is 0. The average molecular weight is 239 g/mol. The van der Waals surface area contributed by atoms with Crippen molar-refractivity contribution in [1.82, 2.24) is 5.32 Å². The number of furan rings is 1. The summed E-state index contributed by atoms with van der Waals surface area (Å²) in [6.07, 6.45) is 6.46. The third-order valence-electron chi connectivity index (χ3n) is 2.85. The van der Waals surface area contributed by atoms with E-state index in [1.54, 1.807) is 6.26 Å². The lowest BCUT2D eigenvalue weighted by Gasteiger charge is -2.15. The van der Waals surface area contributed by atoms with E-state index in [9.17, 15) is 0 Å². The maximum Gasteiger partial charge on any atom is 0.129 e. The summed E-state index contributed by atoms with van der Waals surface area (Å²) in [5.74, 6) is 0.898. The number of hydrogen-bond donors (Lipinski definition) is 1. The van der Waals surface area contributed by atoms with Crippen molar-refractivity contribution in [3.63, 3.8) is 0 Å². The van der Waals surface area contributed by atoms with Crippen molar-refractivity contribution in [3.8, 4) is 0 Å². The molecule has 98 valence electrons. The highest BCUT2D eigenvalue weighted by molar-refractivity contribution is 4.95. The van der Waals surface area contributed by atoms with Crippen LogP contribution in [0.1, 0.15) is 45.3 Å². The SMILES string of the molecule is CCCC(CC)NCCCOCc1ccco1. The molecule has 0 saturated carbocycles. The first-order valence-corrected chi connectivity index (χ1v) is 6.70. The first-order chi connectivity index (χ1) is 8.36. The van der Waals surface area contributed by atoms with Crippen molar-refractivity contribution in [3.05, 3.63) is 24.2 Å². The van der Waals surface area contributed by atoms with Crippen molar-refractivity contribution in [2.45, 2.75) is 52.2 Å². The molecule has 0 aliphatic rings. The van der Waals surface area contributed by atoms with Crippen LogP contribution in [0.25, 0.3) is 0 Å². The minimum Gasteiger partial charge on any atom is -0.467 e. The van der Waals surface area contributed by atoms with Gasteiger partial charge in [0.05, 0.1) is 6.26 Å². The van der Waals surface area contributed by atoms with E-state index in [0.717, 1.165) is 25.3 Å². The molecule has 0 aromatic carbocycles. The molecule has 0 amide bonds. The van der Waals surface area contributed by atoms with Crippen LogP contribution in [0.2, 0.25) is 0 Å². The molecule has 0 aliphatic carbocycles.